The number of methoxy groups -OCH3 is 1. The molecule has 2 heterocycles. The van der Waals surface area contributed by atoms with Crippen LogP contribution in [0.4, 0.5) is 4.79 Å². The molecule has 7 heteroatoms. The zero-order valence-corrected chi connectivity index (χ0v) is 15.6. The molecule has 0 bridgehead atoms. The molecule has 1 atom stereocenters. The molecule has 0 radical (unpaired) electrons. The van der Waals surface area contributed by atoms with Gasteiger partial charge in [0.1, 0.15) is 29.4 Å². The molecule has 0 aromatic heterocycles. The van der Waals surface area contributed by atoms with Gasteiger partial charge in [0.2, 0.25) is 0 Å². The fraction of sp³-hybridized carbons (Fsp3) is 0.600. The molecule has 1 saturated heterocycles. The highest BCUT2D eigenvalue weighted by Crippen LogP contribution is 2.59. The Balaban J connectivity index is 1.31. The molecule has 27 heavy (non-hydrogen) atoms. The Hall–Kier alpha value is -2.44. The van der Waals surface area contributed by atoms with Gasteiger partial charge < -0.3 is 19.5 Å². The van der Waals surface area contributed by atoms with Crippen LogP contribution in [0.2, 0.25) is 0 Å². The lowest BCUT2D eigenvalue weighted by atomic mass is 9.87. The summed E-state index contributed by atoms with van der Waals surface area (Å²) in [5.74, 6) is 2.29. The third-order valence-corrected chi connectivity index (χ3v) is 6.35. The second kappa shape index (κ2) is 5.78. The second-order valence-electron chi connectivity index (χ2n) is 8.05. The van der Waals surface area contributed by atoms with E-state index in [1.165, 1.54) is 4.90 Å². The largest absolute Gasteiger partial charge is 0.496 e. The van der Waals surface area contributed by atoms with Crippen molar-refractivity contribution in [2.75, 3.05) is 13.7 Å². The van der Waals surface area contributed by atoms with Crippen LogP contribution in [0.5, 0.6) is 17.2 Å². The van der Waals surface area contributed by atoms with Gasteiger partial charge in [0.25, 0.3) is 5.91 Å². The number of fused-ring (bicyclic) bond motifs is 2. The second-order valence-corrected chi connectivity index (χ2v) is 8.05. The minimum atomic E-state index is -0.383. The van der Waals surface area contributed by atoms with Crippen LogP contribution >= 0.6 is 0 Å². The molecule has 5 rings (SSSR count). The maximum absolute atomic E-state index is 12.3. The number of rotatable bonds is 5. The zero-order valence-electron chi connectivity index (χ0n) is 15.6. The van der Waals surface area contributed by atoms with Crippen molar-refractivity contribution in [3.63, 3.8) is 0 Å². The molecular formula is C20H24N2O5. The Morgan fingerprint density at radius 1 is 1.30 bits per heavy atom. The monoisotopic (exact) mass is 372 g/mol. The first-order valence-electron chi connectivity index (χ1n) is 9.70. The van der Waals surface area contributed by atoms with Gasteiger partial charge in [-0.2, -0.15) is 0 Å². The minimum absolute atomic E-state index is 0.0103. The maximum atomic E-state index is 12.3. The van der Waals surface area contributed by atoms with E-state index >= 15 is 0 Å². The smallest absolute Gasteiger partial charge is 0.325 e. The standard InChI is InChI=1S/C20H24N2O5/c1-3-14-18(23)22(19(24)21-14)11-6-13(7-11)27-16-9-12(25-2)8-15-17(16)20(4-5-20)10-26-15/h8-9,11,13-14H,3-7,10H2,1-2H3,(H,21,24)/t11?,13?,14-/m1/s1. The molecule has 1 spiro atoms. The predicted octanol–water partition coefficient (Wildman–Crippen LogP) is 2.36. The van der Waals surface area contributed by atoms with Crippen LogP contribution in [0.3, 0.4) is 0 Å². The molecule has 4 aliphatic rings. The third-order valence-electron chi connectivity index (χ3n) is 6.35. The van der Waals surface area contributed by atoms with Crippen molar-refractivity contribution < 1.29 is 23.8 Å². The number of imide groups is 1. The van der Waals surface area contributed by atoms with E-state index < -0.39 is 0 Å². The van der Waals surface area contributed by atoms with Crippen molar-refractivity contribution in [1.82, 2.24) is 10.2 Å². The molecule has 3 amide bonds. The Kier molecular flexibility index (Phi) is 3.58. The van der Waals surface area contributed by atoms with Crippen molar-refractivity contribution in [3.8, 4) is 17.2 Å². The van der Waals surface area contributed by atoms with Crippen LogP contribution in [-0.2, 0) is 10.2 Å². The summed E-state index contributed by atoms with van der Waals surface area (Å²) in [7, 11) is 1.63. The summed E-state index contributed by atoms with van der Waals surface area (Å²) in [6.07, 6.45) is 4.17. The number of amides is 3. The topological polar surface area (TPSA) is 77.1 Å². The quantitative estimate of drug-likeness (QED) is 0.803. The van der Waals surface area contributed by atoms with Crippen LogP contribution in [-0.4, -0.2) is 48.7 Å². The average molecular weight is 372 g/mol. The summed E-state index contributed by atoms with van der Waals surface area (Å²) in [5.41, 5.74) is 1.27. The highest BCUT2D eigenvalue weighted by Gasteiger charge is 2.53. The van der Waals surface area contributed by atoms with E-state index in [0.717, 1.165) is 35.7 Å². The van der Waals surface area contributed by atoms with E-state index in [2.05, 4.69) is 5.32 Å². The fourth-order valence-corrected chi connectivity index (χ4v) is 4.44. The maximum Gasteiger partial charge on any atom is 0.325 e. The van der Waals surface area contributed by atoms with Gasteiger partial charge in [0, 0.05) is 42.0 Å². The number of nitrogens with one attached hydrogen (secondary N) is 1. The van der Waals surface area contributed by atoms with Gasteiger partial charge in [-0.05, 0) is 19.3 Å². The number of ether oxygens (including phenoxy) is 3. The first kappa shape index (κ1) is 16.7. The normalized spacial score (nSPS) is 29.9. The van der Waals surface area contributed by atoms with Gasteiger partial charge in [-0.1, -0.05) is 6.92 Å². The molecule has 0 unspecified atom stereocenters. The van der Waals surface area contributed by atoms with Crippen molar-refractivity contribution in [2.45, 2.75) is 62.6 Å². The lowest BCUT2D eigenvalue weighted by Gasteiger charge is -2.39. The molecule has 7 nitrogen and oxygen atoms in total. The lowest BCUT2D eigenvalue weighted by molar-refractivity contribution is -0.131. The van der Waals surface area contributed by atoms with Crippen molar-refractivity contribution in [1.29, 1.82) is 0 Å². The SMILES string of the molecule is CC[C@H]1NC(=O)N(C2CC(Oc3cc(OC)cc4c3C3(CC3)CO4)C2)C1=O. The first-order chi connectivity index (χ1) is 13.0. The number of nitrogens with zero attached hydrogens (tertiary/aromatic N) is 1. The zero-order chi connectivity index (χ0) is 18.8. The van der Waals surface area contributed by atoms with Gasteiger partial charge >= 0.3 is 6.03 Å². The molecule has 2 saturated carbocycles. The Morgan fingerprint density at radius 2 is 2.07 bits per heavy atom. The number of carbonyl (C=O) groups is 2. The van der Waals surface area contributed by atoms with Gasteiger partial charge in [-0.25, -0.2) is 4.79 Å². The van der Waals surface area contributed by atoms with Crippen LogP contribution in [0.25, 0.3) is 0 Å². The molecule has 3 fully saturated rings. The molecule has 144 valence electrons. The summed E-state index contributed by atoms with van der Waals surface area (Å²) in [4.78, 5) is 25.8. The predicted molar refractivity (Wildman–Crippen MR) is 96.3 cm³/mol. The number of urea groups is 1. The van der Waals surface area contributed by atoms with E-state index in [1.807, 2.05) is 19.1 Å². The van der Waals surface area contributed by atoms with E-state index in [0.29, 0.717) is 25.9 Å². The van der Waals surface area contributed by atoms with Crippen LogP contribution < -0.4 is 19.5 Å². The van der Waals surface area contributed by atoms with E-state index in [-0.39, 0.29) is 35.5 Å². The number of benzene rings is 1. The molecule has 1 aromatic carbocycles. The van der Waals surface area contributed by atoms with Gasteiger partial charge in [-0.15, -0.1) is 0 Å². The first-order valence-corrected chi connectivity index (χ1v) is 9.70. The number of carbonyl (C=O) groups excluding carboxylic acids is 2. The average Bonchev–Trinajstić information content (AvgIpc) is 3.24. The number of hydrogen-bond acceptors (Lipinski definition) is 5. The summed E-state index contributed by atoms with van der Waals surface area (Å²) in [6, 6.07) is 3.12. The highest BCUT2D eigenvalue weighted by atomic mass is 16.5. The third kappa shape index (κ3) is 2.47. The molecule has 1 N–H and O–H groups in total. The number of hydrogen-bond donors (Lipinski definition) is 1. The summed E-state index contributed by atoms with van der Waals surface area (Å²) >= 11 is 0. The van der Waals surface area contributed by atoms with Crippen molar-refractivity contribution in [2.24, 2.45) is 0 Å². The van der Waals surface area contributed by atoms with Gasteiger partial charge in [0.15, 0.2) is 0 Å². The van der Waals surface area contributed by atoms with E-state index in [9.17, 15) is 9.59 Å². The summed E-state index contributed by atoms with van der Waals surface area (Å²) in [6.45, 7) is 2.61. The Bertz CT molecular complexity index is 813. The molecular weight excluding hydrogens is 348 g/mol. The van der Waals surface area contributed by atoms with Crippen LogP contribution in [0.1, 0.15) is 44.6 Å². The van der Waals surface area contributed by atoms with E-state index in [4.69, 9.17) is 14.2 Å². The summed E-state index contributed by atoms with van der Waals surface area (Å²) in [5, 5.41) is 2.75. The lowest BCUT2D eigenvalue weighted by Crippen LogP contribution is -2.52. The van der Waals surface area contributed by atoms with Crippen LogP contribution in [0.15, 0.2) is 12.1 Å². The highest BCUT2D eigenvalue weighted by molar-refractivity contribution is 6.04. The Morgan fingerprint density at radius 3 is 2.70 bits per heavy atom. The molecule has 1 aromatic rings. The minimum Gasteiger partial charge on any atom is -0.496 e. The van der Waals surface area contributed by atoms with Crippen molar-refractivity contribution >= 4 is 11.9 Å². The van der Waals surface area contributed by atoms with Gasteiger partial charge in [-0.3, -0.25) is 9.69 Å². The molecule has 2 aliphatic carbocycles. The summed E-state index contributed by atoms with van der Waals surface area (Å²) < 4.78 is 17.6. The van der Waals surface area contributed by atoms with Crippen LogP contribution in [0, 0.1) is 0 Å². The fourth-order valence-electron chi connectivity index (χ4n) is 4.44. The van der Waals surface area contributed by atoms with Gasteiger partial charge in [0.05, 0.1) is 13.7 Å². The van der Waals surface area contributed by atoms with Crippen molar-refractivity contribution in [3.05, 3.63) is 17.7 Å². The molecule has 2 aliphatic heterocycles. The van der Waals surface area contributed by atoms with E-state index in [1.54, 1.807) is 7.11 Å². The Labute approximate surface area is 157 Å².